The van der Waals surface area contributed by atoms with Crippen LogP contribution in [0.3, 0.4) is 0 Å². The van der Waals surface area contributed by atoms with Crippen LogP contribution >= 0.6 is 0 Å². The van der Waals surface area contributed by atoms with Crippen LogP contribution in [0.5, 0.6) is 0 Å². The fourth-order valence-electron chi connectivity index (χ4n) is 3.48. The summed E-state index contributed by atoms with van der Waals surface area (Å²) in [5, 5.41) is 7.83. The van der Waals surface area contributed by atoms with E-state index in [0.29, 0.717) is 5.89 Å². The number of aromatic nitrogens is 2. The van der Waals surface area contributed by atoms with E-state index < -0.39 is 16.0 Å². The van der Waals surface area contributed by atoms with Gasteiger partial charge in [-0.1, -0.05) is 24.3 Å². The zero-order valence-corrected chi connectivity index (χ0v) is 18.5. The fraction of sp³-hybridized carbons (Fsp3) is 0.318. The summed E-state index contributed by atoms with van der Waals surface area (Å²) in [6, 6.07) is 15.0. The molecule has 2 heterocycles. The molecule has 3 aromatic rings. The topological polar surface area (TPSA) is 112 Å². The van der Waals surface area contributed by atoms with Gasteiger partial charge in [-0.3, -0.25) is 0 Å². The number of hydrogen-bond acceptors (Lipinski definition) is 8. The average molecular weight is 458 g/mol. The molecule has 2 aromatic carbocycles. The van der Waals surface area contributed by atoms with Gasteiger partial charge < -0.3 is 13.9 Å². The Labute approximate surface area is 186 Å². The van der Waals surface area contributed by atoms with Crippen LogP contribution in [0.1, 0.15) is 30.1 Å². The van der Waals surface area contributed by atoms with Crippen LogP contribution in [0.4, 0.5) is 0 Å². The van der Waals surface area contributed by atoms with Crippen LogP contribution in [0.2, 0.25) is 0 Å². The normalized spacial score (nSPS) is 19.6. The predicted molar refractivity (Wildman–Crippen MR) is 114 cm³/mol. The molecule has 168 valence electrons. The van der Waals surface area contributed by atoms with Crippen LogP contribution in [-0.4, -0.2) is 54.2 Å². The third-order valence-electron chi connectivity index (χ3n) is 4.91. The van der Waals surface area contributed by atoms with Crippen LogP contribution < -0.4 is 0 Å². The maximum atomic E-state index is 13.1. The first kappa shape index (κ1) is 22.1. The van der Waals surface area contributed by atoms with Crippen molar-refractivity contribution in [3.05, 3.63) is 66.1 Å². The van der Waals surface area contributed by atoms with Crippen molar-refractivity contribution in [1.82, 2.24) is 14.5 Å². The molecule has 1 fully saturated rings. The van der Waals surface area contributed by atoms with Gasteiger partial charge in [-0.25, -0.2) is 13.2 Å². The molecule has 1 aliphatic rings. The monoisotopic (exact) mass is 457 g/mol. The highest BCUT2D eigenvalue weighted by atomic mass is 32.2. The number of benzene rings is 2. The van der Waals surface area contributed by atoms with Gasteiger partial charge in [0.2, 0.25) is 15.9 Å². The molecule has 10 heteroatoms. The van der Waals surface area contributed by atoms with Crippen molar-refractivity contribution >= 4 is 16.0 Å². The number of hydrogen-bond donors (Lipinski definition) is 0. The number of rotatable bonds is 6. The average Bonchev–Trinajstić information content (AvgIpc) is 3.26. The number of ether oxygens (including phenoxy) is 2. The van der Waals surface area contributed by atoms with Gasteiger partial charge in [0, 0.05) is 18.7 Å². The van der Waals surface area contributed by atoms with Gasteiger partial charge in [0.15, 0.2) is 6.61 Å². The van der Waals surface area contributed by atoms with E-state index in [-0.39, 0.29) is 48.3 Å². The highest BCUT2D eigenvalue weighted by Gasteiger charge is 2.32. The molecule has 0 radical (unpaired) electrons. The van der Waals surface area contributed by atoms with Gasteiger partial charge in [0.1, 0.15) is 0 Å². The summed E-state index contributed by atoms with van der Waals surface area (Å²) in [5.74, 6) is -0.235. The van der Waals surface area contributed by atoms with E-state index in [1.165, 1.54) is 28.6 Å². The van der Waals surface area contributed by atoms with Crippen molar-refractivity contribution < 1.29 is 27.1 Å². The van der Waals surface area contributed by atoms with Crippen molar-refractivity contribution in [3.63, 3.8) is 0 Å². The summed E-state index contributed by atoms with van der Waals surface area (Å²) in [4.78, 5) is 12.5. The Morgan fingerprint density at radius 3 is 2.50 bits per heavy atom. The molecular formula is C22H23N3O6S. The summed E-state index contributed by atoms with van der Waals surface area (Å²) in [6.45, 7) is 3.93. The van der Waals surface area contributed by atoms with Crippen molar-refractivity contribution in [2.45, 2.75) is 37.6 Å². The standard InChI is InChI=1S/C22H23N3O6S/c1-15-12-25(13-16(2)30-15)32(27,28)19-10-6-9-18(11-19)22(26)29-14-20-23-24-21(31-20)17-7-4-3-5-8-17/h3-11,15-16H,12-14H2,1-2H3/t15-,16+. The molecular weight excluding hydrogens is 434 g/mol. The van der Waals surface area contributed by atoms with Crippen molar-refractivity contribution in [3.8, 4) is 11.5 Å². The predicted octanol–water partition coefficient (Wildman–Crippen LogP) is 2.89. The molecule has 0 saturated carbocycles. The SMILES string of the molecule is C[C@@H]1CN(S(=O)(=O)c2cccc(C(=O)OCc3nnc(-c4ccccc4)o3)c2)C[C@H](C)O1. The molecule has 1 aliphatic heterocycles. The fourth-order valence-corrected chi connectivity index (χ4v) is 5.12. The highest BCUT2D eigenvalue weighted by Crippen LogP contribution is 2.22. The van der Waals surface area contributed by atoms with Crippen LogP contribution in [0.25, 0.3) is 11.5 Å². The summed E-state index contributed by atoms with van der Waals surface area (Å²) >= 11 is 0. The number of carbonyl (C=O) groups excluding carboxylic acids is 1. The van der Waals surface area contributed by atoms with E-state index in [9.17, 15) is 13.2 Å². The van der Waals surface area contributed by atoms with Gasteiger partial charge in [-0.05, 0) is 44.2 Å². The molecule has 32 heavy (non-hydrogen) atoms. The Kier molecular flexibility index (Phi) is 6.35. The second-order valence-corrected chi connectivity index (χ2v) is 9.49. The van der Waals surface area contributed by atoms with Crippen LogP contribution in [0, 0.1) is 0 Å². The van der Waals surface area contributed by atoms with E-state index in [1.807, 2.05) is 44.2 Å². The maximum Gasteiger partial charge on any atom is 0.338 e. The quantitative estimate of drug-likeness (QED) is 0.520. The number of nitrogens with zero attached hydrogens (tertiary/aromatic N) is 3. The Balaban J connectivity index is 1.44. The number of esters is 1. The molecule has 1 aromatic heterocycles. The molecule has 4 rings (SSSR count). The summed E-state index contributed by atoms with van der Waals surface area (Å²) in [5.41, 5.74) is 0.866. The third-order valence-corrected chi connectivity index (χ3v) is 6.74. The third kappa shape index (κ3) is 4.87. The summed E-state index contributed by atoms with van der Waals surface area (Å²) in [7, 11) is -3.77. The summed E-state index contributed by atoms with van der Waals surface area (Å²) < 4.78 is 43.9. The Bertz CT molecular complexity index is 1190. The molecule has 0 amide bonds. The molecule has 0 N–H and O–H groups in total. The first-order valence-electron chi connectivity index (χ1n) is 10.1. The van der Waals surface area contributed by atoms with Gasteiger partial charge in [-0.2, -0.15) is 4.31 Å². The Morgan fingerprint density at radius 1 is 1.06 bits per heavy atom. The number of morpholine rings is 1. The van der Waals surface area contributed by atoms with Gasteiger partial charge >= 0.3 is 5.97 Å². The largest absolute Gasteiger partial charge is 0.452 e. The molecule has 0 unspecified atom stereocenters. The molecule has 0 spiro atoms. The van der Waals surface area contributed by atoms with E-state index in [2.05, 4.69) is 10.2 Å². The highest BCUT2D eigenvalue weighted by molar-refractivity contribution is 7.89. The molecule has 1 saturated heterocycles. The Morgan fingerprint density at radius 2 is 1.78 bits per heavy atom. The van der Waals surface area contributed by atoms with Crippen LogP contribution in [-0.2, 0) is 26.1 Å². The zero-order valence-electron chi connectivity index (χ0n) is 17.7. The van der Waals surface area contributed by atoms with Gasteiger partial charge in [0.25, 0.3) is 5.89 Å². The van der Waals surface area contributed by atoms with E-state index in [0.717, 1.165) is 5.56 Å². The van der Waals surface area contributed by atoms with E-state index in [4.69, 9.17) is 13.9 Å². The van der Waals surface area contributed by atoms with Crippen molar-refractivity contribution in [2.75, 3.05) is 13.1 Å². The number of carbonyl (C=O) groups is 1. The first-order chi connectivity index (χ1) is 15.3. The second kappa shape index (κ2) is 9.19. The molecule has 2 atom stereocenters. The van der Waals surface area contributed by atoms with Crippen LogP contribution in [0.15, 0.2) is 63.9 Å². The minimum atomic E-state index is -3.77. The lowest BCUT2D eigenvalue weighted by Gasteiger charge is -2.34. The zero-order chi connectivity index (χ0) is 22.7. The van der Waals surface area contributed by atoms with Gasteiger partial charge in [-0.15, -0.1) is 10.2 Å². The molecule has 0 aliphatic carbocycles. The van der Waals surface area contributed by atoms with Gasteiger partial charge in [0.05, 0.1) is 22.7 Å². The lowest BCUT2D eigenvalue weighted by atomic mass is 10.2. The second-order valence-electron chi connectivity index (χ2n) is 7.55. The van der Waals surface area contributed by atoms with Crippen molar-refractivity contribution in [1.29, 1.82) is 0 Å². The maximum absolute atomic E-state index is 13.1. The van der Waals surface area contributed by atoms with E-state index in [1.54, 1.807) is 0 Å². The van der Waals surface area contributed by atoms with E-state index >= 15 is 0 Å². The van der Waals surface area contributed by atoms with Crippen molar-refractivity contribution in [2.24, 2.45) is 0 Å². The smallest absolute Gasteiger partial charge is 0.338 e. The lowest BCUT2D eigenvalue weighted by molar-refractivity contribution is -0.0440. The summed E-state index contributed by atoms with van der Waals surface area (Å²) in [6.07, 6.45) is -0.422. The number of sulfonamides is 1. The Hall–Kier alpha value is -3.08. The lowest BCUT2D eigenvalue weighted by Crippen LogP contribution is -2.48. The minimum absolute atomic E-state index is 0.0254. The first-order valence-corrected chi connectivity index (χ1v) is 11.6. The molecule has 9 nitrogen and oxygen atoms in total. The molecule has 0 bridgehead atoms. The minimum Gasteiger partial charge on any atom is -0.452 e.